The van der Waals surface area contributed by atoms with Crippen LogP contribution in [0.4, 0.5) is 0 Å². The molecule has 0 aromatic rings. The molecule has 1 rings (SSSR count). The van der Waals surface area contributed by atoms with Gasteiger partial charge in [0.05, 0.1) is 6.54 Å². The number of likely N-dealkylation sites (N-methyl/N-ethyl adjacent to an activating group) is 1. The highest BCUT2D eigenvalue weighted by Crippen LogP contribution is 2.28. The van der Waals surface area contributed by atoms with Gasteiger partial charge in [-0.3, -0.25) is 4.79 Å². The van der Waals surface area contributed by atoms with Gasteiger partial charge in [0.1, 0.15) is 0 Å². The standard InChI is InChI=1S/C12H24N2O2/c1-3-14(2)12(15)9-13-7-4-8-16-10-11-5-6-11/h11,13H,3-10H2,1-2H3. The van der Waals surface area contributed by atoms with E-state index in [2.05, 4.69) is 5.32 Å². The van der Waals surface area contributed by atoms with E-state index < -0.39 is 0 Å². The van der Waals surface area contributed by atoms with Crippen molar-refractivity contribution in [2.45, 2.75) is 26.2 Å². The summed E-state index contributed by atoms with van der Waals surface area (Å²) in [5, 5.41) is 3.13. The van der Waals surface area contributed by atoms with E-state index in [1.54, 1.807) is 4.90 Å². The minimum atomic E-state index is 0.154. The van der Waals surface area contributed by atoms with Gasteiger partial charge in [0, 0.05) is 26.8 Å². The lowest BCUT2D eigenvalue weighted by molar-refractivity contribution is -0.128. The van der Waals surface area contributed by atoms with Crippen molar-refractivity contribution in [2.75, 3.05) is 39.9 Å². The van der Waals surface area contributed by atoms with E-state index in [9.17, 15) is 4.79 Å². The maximum atomic E-state index is 11.4. The second-order valence-electron chi connectivity index (χ2n) is 4.46. The Labute approximate surface area is 98.3 Å². The Hall–Kier alpha value is -0.610. The first kappa shape index (κ1) is 13.5. The lowest BCUT2D eigenvalue weighted by Crippen LogP contribution is -2.35. The number of nitrogens with zero attached hydrogens (tertiary/aromatic N) is 1. The highest BCUT2D eigenvalue weighted by atomic mass is 16.5. The number of carbonyl (C=O) groups excluding carboxylic acids is 1. The Morgan fingerprint density at radius 3 is 2.88 bits per heavy atom. The fourth-order valence-corrected chi connectivity index (χ4v) is 1.34. The smallest absolute Gasteiger partial charge is 0.236 e. The van der Waals surface area contributed by atoms with Crippen LogP contribution in [-0.2, 0) is 9.53 Å². The second kappa shape index (κ2) is 7.63. The fourth-order valence-electron chi connectivity index (χ4n) is 1.34. The Morgan fingerprint density at radius 1 is 1.50 bits per heavy atom. The largest absolute Gasteiger partial charge is 0.381 e. The van der Waals surface area contributed by atoms with E-state index in [1.165, 1.54) is 12.8 Å². The van der Waals surface area contributed by atoms with E-state index in [4.69, 9.17) is 4.74 Å². The summed E-state index contributed by atoms with van der Waals surface area (Å²) in [5.41, 5.74) is 0. The van der Waals surface area contributed by atoms with Crippen LogP contribution >= 0.6 is 0 Å². The van der Waals surface area contributed by atoms with Gasteiger partial charge in [-0.2, -0.15) is 0 Å². The van der Waals surface area contributed by atoms with Crippen LogP contribution in [0, 0.1) is 5.92 Å². The number of amides is 1. The molecule has 0 radical (unpaired) electrons. The molecule has 1 fully saturated rings. The van der Waals surface area contributed by atoms with Crippen LogP contribution in [0.2, 0.25) is 0 Å². The van der Waals surface area contributed by atoms with E-state index in [-0.39, 0.29) is 5.91 Å². The number of nitrogens with one attached hydrogen (secondary N) is 1. The third kappa shape index (κ3) is 6.08. The maximum absolute atomic E-state index is 11.4. The van der Waals surface area contributed by atoms with Gasteiger partial charge in [-0.15, -0.1) is 0 Å². The molecule has 0 heterocycles. The van der Waals surface area contributed by atoms with Crippen molar-refractivity contribution in [3.05, 3.63) is 0 Å². The Bertz CT molecular complexity index is 205. The molecule has 94 valence electrons. The number of hydrogen-bond acceptors (Lipinski definition) is 3. The number of carbonyl (C=O) groups is 1. The molecule has 0 aromatic carbocycles. The van der Waals surface area contributed by atoms with Crippen molar-refractivity contribution in [1.29, 1.82) is 0 Å². The molecule has 0 atom stereocenters. The zero-order valence-corrected chi connectivity index (χ0v) is 10.5. The molecule has 1 N–H and O–H groups in total. The summed E-state index contributed by atoms with van der Waals surface area (Å²) in [5.74, 6) is 0.995. The van der Waals surface area contributed by atoms with E-state index in [0.717, 1.165) is 38.6 Å². The molecule has 0 aliphatic heterocycles. The highest BCUT2D eigenvalue weighted by molar-refractivity contribution is 5.77. The van der Waals surface area contributed by atoms with Gasteiger partial charge in [-0.1, -0.05) is 0 Å². The molecule has 1 amide bonds. The molecule has 4 heteroatoms. The predicted octanol–water partition coefficient (Wildman–Crippen LogP) is 0.871. The monoisotopic (exact) mass is 228 g/mol. The number of hydrogen-bond donors (Lipinski definition) is 1. The molecule has 4 nitrogen and oxygen atoms in total. The molecule has 0 saturated heterocycles. The first-order valence-corrected chi connectivity index (χ1v) is 6.26. The zero-order valence-electron chi connectivity index (χ0n) is 10.5. The van der Waals surface area contributed by atoms with Crippen molar-refractivity contribution in [1.82, 2.24) is 10.2 Å². The van der Waals surface area contributed by atoms with E-state index in [0.29, 0.717) is 6.54 Å². The Morgan fingerprint density at radius 2 is 2.25 bits per heavy atom. The molecule has 0 bridgehead atoms. The van der Waals surface area contributed by atoms with Gasteiger partial charge in [-0.05, 0) is 38.6 Å². The SMILES string of the molecule is CCN(C)C(=O)CNCCCOCC1CC1. The molecule has 0 unspecified atom stereocenters. The van der Waals surface area contributed by atoms with Crippen molar-refractivity contribution >= 4 is 5.91 Å². The van der Waals surface area contributed by atoms with Gasteiger partial charge in [-0.25, -0.2) is 0 Å². The van der Waals surface area contributed by atoms with Crippen molar-refractivity contribution < 1.29 is 9.53 Å². The summed E-state index contributed by atoms with van der Waals surface area (Å²) < 4.78 is 5.50. The van der Waals surface area contributed by atoms with Crippen molar-refractivity contribution in [3.8, 4) is 0 Å². The molecular formula is C12H24N2O2. The minimum absolute atomic E-state index is 0.154. The quantitative estimate of drug-likeness (QED) is 0.595. The topological polar surface area (TPSA) is 41.6 Å². The Kier molecular flexibility index (Phi) is 6.42. The van der Waals surface area contributed by atoms with Gasteiger partial charge < -0.3 is 15.0 Å². The van der Waals surface area contributed by atoms with Crippen LogP contribution in [0.25, 0.3) is 0 Å². The van der Waals surface area contributed by atoms with Crippen LogP contribution in [-0.4, -0.2) is 50.7 Å². The second-order valence-corrected chi connectivity index (χ2v) is 4.46. The van der Waals surface area contributed by atoms with Crippen LogP contribution in [0.15, 0.2) is 0 Å². The molecule has 16 heavy (non-hydrogen) atoms. The van der Waals surface area contributed by atoms with Gasteiger partial charge in [0.2, 0.25) is 5.91 Å². The van der Waals surface area contributed by atoms with Crippen LogP contribution in [0.5, 0.6) is 0 Å². The summed E-state index contributed by atoms with van der Waals surface area (Å²) in [6, 6.07) is 0. The average Bonchev–Trinajstić information content (AvgIpc) is 3.10. The molecule has 0 spiro atoms. The molecule has 1 aliphatic rings. The zero-order chi connectivity index (χ0) is 11.8. The number of rotatable bonds is 9. The third-order valence-electron chi connectivity index (χ3n) is 2.87. The predicted molar refractivity (Wildman–Crippen MR) is 64.3 cm³/mol. The average molecular weight is 228 g/mol. The van der Waals surface area contributed by atoms with Crippen molar-refractivity contribution in [2.24, 2.45) is 5.92 Å². The molecular weight excluding hydrogens is 204 g/mol. The van der Waals surface area contributed by atoms with Gasteiger partial charge in [0.15, 0.2) is 0 Å². The summed E-state index contributed by atoms with van der Waals surface area (Å²) in [6.07, 6.45) is 3.67. The van der Waals surface area contributed by atoms with Gasteiger partial charge in [0.25, 0.3) is 0 Å². The lowest BCUT2D eigenvalue weighted by atomic mass is 10.4. The van der Waals surface area contributed by atoms with Crippen LogP contribution < -0.4 is 5.32 Å². The highest BCUT2D eigenvalue weighted by Gasteiger charge is 2.20. The first-order chi connectivity index (χ1) is 7.74. The summed E-state index contributed by atoms with van der Waals surface area (Å²) in [4.78, 5) is 13.1. The van der Waals surface area contributed by atoms with Crippen LogP contribution in [0.3, 0.4) is 0 Å². The third-order valence-corrected chi connectivity index (χ3v) is 2.87. The van der Waals surface area contributed by atoms with E-state index >= 15 is 0 Å². The van der Waals surface area contributed by atoms with Crippen molar-refractivity contribution in [3.63, 3.8) is 0 Å². The minimum Gasteiger partial charge on any atom is -0.381 e. The normalized spacial score (nSPS) is 15.1. The Balaban J connectivity index is 1.81. The lowest BCUT2D eigenvalue weighted by Gasteiger charge is -2.14. The fraction of sp³-hybridized carbons (Fsp3) is 0.917. The van der Waals surface area contributed by atoms with E-state index in [1.807, 2.05) is 14.0 Å². The summed E-state index contributed by atoms with van der Waals surface area (Å²) in [7, 11) is 1.82. The maximum Gasteiger partial charge on any atom is 0.236 e. The summed E-state index contributed by atoms with van der Waals surface area (Å²) >= 11 is 0. The van der Waals surface area contributed by atoms with Crippen LogP contribution in [0.1, 0.15) is 26.2 Å². The molecule has 1 saturated carbocycles. The molecule has 0 aromatic heterocycles. The first-order valence-electron chi connectivity index (χ1n) is 6.26. The number of ether oxygens (including phenoxy) is 1. The summed E-state index contributed by atoms with van der Waals surface area (Å²) in [6.45, 7) is 5.77. The molecule has 1 aliphatic carbocycles. The van der Waals surface area contributed by atoms with Gasteiger partial charge >= 0.3 is 0 Å².